The van der Waals surface area contributed by atoms with Crippen molar-refractivity contribution in [1.82, 2.24) is 0 Å². The van der Waals surface area contributed by atoms with E-state index < -0.39 is 6.10 Å². The third-order valence-electron chi connectivity index (χ3n) is 2.38. The van der Waals surface area contributed by atoms with Crippen molar-refractivity contribution in [3.63, 3.8) is 0 Å². The standard InChI is InChI=1S/C11H12O2/c1-2-8-7-13-10-6-4-3-5-9(10)11(8)12/h2-6,8,11-12H,1,7H2/t8-,11-/m1/s1. The Bertz CT molecular complexity index is 320. The first kappa shape index (κ1) is 8.32. The monoisotopic (exact) mass is 176 g/mol. The number of fused-ring (bicyclic) bond motifs is 1. The van der Waals surface area contributed by atoms with E-state index in [0.29, 0.717) is 6.61 Å². The second-order valence-corrected chi connectivity index (χ2v) is 3.19. The molecule has 0 unspecified atom stereocenters. The van der Waals surface area contributed by atoms with E-state index in [1.165, 1.54) is 0 Å². The second-order valence-electron chi connectivity index (χ2n) is 3.19. The van der Waals surface area contributed by atoms with Crippen molar-refractivity contribution in [2.45, 2.75) is 6.10 Å². The summed E-state index contributed by atoms with van der Waals surface area (Å²) < 4.78 is 5.47. The second kappa shape index (κ2) is 3.23. The summed E-state index contributed by atoms with van der Waals surface area (Å²) in [6, 6.07) is 7.56. The van der Waals surface area contributed by atoms with Gasteiger partial charge in [-0.2, -0.15) is 0 Å². The number of benzene rings is 1. The predicted octanol–water partition coefficient (Wildman–Crippen LogP) is 1.91. The summed E-state index contributed by atoms with van der Waals surface area (Å²) in [6.07, 6.45) is 1.27. The van der Waals surface area contributed by atoms with Crippen LogP contribution in [-0.2, 0) is 0 Å². The van der Waals surface area contributed by atoms with Gasteiger partial charge in [0.1, 0.15) is 5.75 Å². The van der Waals surface area contributed by atoms with E-state index in [9.17, 15) is 5.11 Å². The molecule has 1 aliphatic rings. The molecule has 0 aliphatic carbocycles. The largest absolute Gasteiger partial charge is 0.492 e. The Kier molecular flexibility index (Phi) is 2.07. The molecule has 2 heteroatoms. The van der Waals surface area contributed by atoms with Crippen molar-refractivity contribution < 1.29 is 9.84 Å². The van der Waals surface area contributed by atoms with E-state index in [4.69, 9.17) is 4.74 Å². The molecule has 0 radical (unpaired) electrons. The molecule has 0 fully saturated rings. The summed E-state index contributed by atoms with van der Waals surface area (Å²) in [5.74, 6) is 0.794. The molecule has 1 aliphatic heterocycles. The van der Waals surface area contributed by atoms with Gasteiger partial charge in [0.2, 0.25) is 0 Å². The fraction of sp³-hybridized carbons (Fsp3) is 0.273. The van der Waals surface area contributed by atoms with Crippen molar-refractivity contribution in [2.24, 2.45) is 5.92 Å². The molecule has 13 heavy (non-hydrogen) atoms. The third kappa shape index (κ3) is 1.33. The summed E-state index contributed by atoms with van der Waals surface area (Å²) in [6.45, 7) is 4.18. The molecule has 2 nitrogen and oxygen atoms in total. The van der Waals surface area contributed by atoms with Gasteiger partial charge < -0.3 is 9.84 Å². The maximum absolute atomic E-state index is 9.87. The van der Waals surface area contributed by atoms with Crippen LogP contribution in [0.2, 0.25) is 0 Å². The van der Waals surface area contributed by atoms with Crippen LogP contribution in [0, 0.1) is 5.92 Å². The summed E-state index contributed by atoms with van der Waals surface area (Å²) in [7, 11) is 0. The molecule has 0 spiro atoms. The molecule has 1 aromatic rings. The number of aliphatic hydroxyl groups excluding tert-OH is 1. The molecule has 0 aromatic heterocycles. The molecule has 2 atom stereocenters. The topological polar surface area (TPSA) is 29.5 Å². The smallest absolute Gasteiger partial charge is 0.125 e. The fourth-order valence-electron chi connectivity index (χ4n) is 1.56. The highest BCUT2D eigenvalue weighted by Crippen LogP contribution is 2.35. The van der Waals surface area contributed by atoms with Gasteiger partial charge >= 0.3 is 0 Å². The van der Waals surface area contributed by atoms with Crippen LogP contribution in [0.3, 0.4) is 0 Å². The minimum absolute atomic E-state index is 0.00917. The van der Waals surface area contributed by atoms with Crippen LogP contribution >= 0.6 is 0 Å². The molecular weight excluding hydrogens is 164 g/mol. The van der Waals surface area contributed by atoms with E-state index in [0.717, 1.165) is 11.3 Å². The van der Waals surface area contributed by atoms with Gasteiger partial charge in [-0.3, -0.25) is 0 Å². The molecule has 1 heterocycles. The van der Waals surface area contributed by atoms with E-state index in [2.05, 4.69) is 6.58 Å². The van der Waals surface area contributed by atoms with Crippen molar-refractivity contribution in [2.75, 3.05) is 6.61 Å². The van der Waals surface area contributed by atoms with Gasteiger partial charge in [0.15, 0.2) is 0 Å². The van der Waals surface area contributed by atoms with Crippen molar-refractivity contribution >= 4 is 0 Å². The van der Waals surface area contributed by atoms with Crippen molar-refractivity contribution in [1.29, 1.82) is 0 Å². The molecule has 0 bridgehead atoms. The van der Waals surface area contributed by atoms with Gasteiger partial charge in [0, 0.05) is 11.5 Å². The Balaban J connectivity index is 2.38. The van der Waals surface area contributed by atoms with Crippen LogP contribution in [0.15, 0.2) is 36.9 Å². The normalized spacial score (nSPS) is 25.9. The lowest BCUT2D eigenvalue weighted by Crippen LogP contribution is -2.23. The first-order valence-electron chi connectivity index (χ1n) is 4.35. The summed E-state index contributed by atoms with van der Waals surface area (Å²) in [5.41, 5.74) is 0.860. The van der Waals surface area contributed by atoms with Crippen molar-refractivity contribution in [3.05, 3.63) is 42.5 Å². The lowest BCUT2D eigenvalue weighted by Gasteiger charge is -2.27. The van der Waals surface area contributed by atoms with Gasteiger partial charge in [-0.05, 0) is 6.07 Å². The highest BCUT2D eigenvalue weighted by atomic mass is 16.5. The summed E-state index contributed by atoms with van der Waals surface area (Å²) in [5, 5.41) is 9.87. The van der Waals surface area contributed by atoms with E-state index in [1.807, 2.05) is 24.3 Å². The molecule has 1 N–H and O–H groups in total. The Morgan fingerprint density at radius 1 is 1.46 bits per heavy atom. The van der Waals surface area contributed by atoms with Gasteiger partial charge in [-0.15, -0.1) is 6.58 Å². The number of para-hydroxylation sites is 1. The SMILES string of the molecule is C=C[C@@H]1COc2ccccc2[C@@H]1O. The Labute approximate surface area is 77.5 Å². The summed E-state index contributed by atoms with van der Waals surface area (Å²) >= 11 is 0. The Hall–Kier alpha value is -1.28. The molecule has 1 aromatic carbocycles. The number of ether oxygens (including phenoxy) is 1. The van der Waals surface area contributed by atoms with Crippen LogP contribution in [-0.4, -0.2) is 11.7 Å². The fourth-order valence-corrected chi connectivity index (χ4v) is 1.56. The first-order valence-corrected chi connectivity index (χ1v) is 4.35. The van der Waals surface area contributed by atoms with E-state index in [-0.39, 0.29) is 5.92 Å². The maximum atomic E-state index is 9.87. The summed E-state index contributed by atoms with van der Waals surface area (Å²) in [4.78, 5) is 0. The van der Waals surface area contributed by atoms with Crippen LogP contribution in [0.4, 0.5) is 0 Å². The van der Waals surface area contributed by atoms with Gasteiger partial charge in [0.25, 0.3) is 0 Å². The first-order chi connectivity index (χ1) is 6.33. The zero-order valence-corrected chi connectivity index (χ0v) is 7.31. The Morgan fingerprint density at radius 3 is 3.00 bits per heavy atom. The molecule has 0 saturated heterocycles. The van der Waals surface area contributed by atoms with E-state index in [1.54, 1.807) is 6.08 Å². The lowest BCUT2D eigenvalue weighted by atomic mass is 9.93. The molecular formula is C11H12O2. The predicted molar refractivity (Wildman–Crippen MR) is 50.6 cm³/mol. The highest BCUT2D eigenvalue weighted by molar-refractivity contribution is 5.37. The average Bonchev–Trinajstić information content (AvgIpc) is 2.19. The minimum Gasteiger partial charge on any atom is -0.492 e. The third-order valence-corrected chi connectivity index (χ3v) is 2.38. The Morgan fingerprint density at radius 2 is 2.23 bits per heavy atom. The number of hydrogen-bond donors (Lipinski definition) is 1. The molecule has 2 rings (SSSR count). The van der Waals surface area contributed by atoms with Gasteiger partial charge in [-0.25, -0.2) is 0 Å². The van der Waals surface area contributed by atoms with Crippen LogP contribution in [0.25, 0.3) is 0 Å². The van der Waals surface area contributed by atoms with Gasteiger partial charge in [-0.1, -0.05) is 24.3 Å². The van der Waals surface area contributed by atoms with Crippen LogP contribution < -0.4 is 4.74 Å². The highest BCUT2D eigenvalue weighted by Gasteiger charge is 2.26. The lowest BCUT2D eigenvalue weighted by molar-refractivity contribution is 0.0747. The zero-order chi connectivity index (χ0) is 9.26. The van der Waals surface area contributed by atoms with Gasteiger partial charge in [0.05, 0.1) is 12.7 Å². The van der Waals surface area contributed by atoms with Crippen LogP contribution in [0.5, 0.6) is 5.75 Å². The number of aliphatic hydroxyl groups is 1. The zero-order valence-electron chi connectivity index (χ0n) is 7.31. The number of hydrogen-bond acceptors (Lipinski definition) is 2. The van der Waals surface area contributed by atoms with Crippen molar-refractivity contribution in [3.8, 4) is 5.75 Å². The number of rotatable bonds is 1. The molecule has 0 amide bonds. The quantitative estimate of drug-likeness (QED) is 0.662. The molecule has 0 saturated carbocycles. The minimum atomic E-state index is -0.470. The van der Waals surface area contributed by atoms with Crippen LogP contribution in [0.1, 0.15) is 11.7 Å². The molecule has 68 valence electrons. The van der Waals surface area contributed by atoms with E-state index >= 15 is 0 Å². The average molecular weight is 176 g/mol. The maximum Gasteiger partial charge on any atom is 0.125 e.